The highest BCUT2D eigenvalue weighted by Gasteiger charge is 2.34. The van der Waals surface area contributed by atoms with Gasteiger partial charge in [0.15, 0.2) is 5.82 Å². The monoisotopic (exact) mass is 450 g/mol. The lowest BCUT2D eigenvalue weighted by Gasteiger charge is -2.35. The number of alkyl halides is 3. The van der Waals surface area contributed by atoms with Gasteiger partial charge >= 0.3 is 6.18 Å². The summed E-state index contributed by atoms with van der Waals surface area (Å²) in [6.07, 6.45) is -0.886. The number of rotatable bonds is 6. The van der Waals surface area contributed by atoms with Gasteiger partial charge in [-0.1, -0.05) is 17.7 Å². The van der Waals surface area contributed by atoms with Gasteiger partial charge in [-0.25, -0.2) is 9.97 Å². The van der Waals surface area contributed by atoms with E-state index in [2.05, 4.69) is 25.2 Å². The van der Waals surface area contributed by atoms with Gasteiger partial charge in [-0.2, -0.15) is 13.2 Å². The van der Waals surface area contributed by atoms with Gasteiger partial charge in [-0.05, 0) is 43.3 Å². The number of primary amides is 1. The first kappa shape index (κ1) is 21.3. The summed E-state index contributed by atoms with van der Waals surface area (Å²) in [5, 5.41) is 2.82. The number of nitrogens with two attached hydrogens (primary N) is 1. The smallest absolute Gasteiger partial charge is 0.366 e. The van der Waals surface area contributed by atoms with E-state index in [1.54, 1.807) is 6.07 Å². The summed E-state index contributed by atoms with van der Waals surface area (Å²) in [5.74, 6) is -0.371. The van der Waals surface area contributed by atoms with Gasteiger partial charge in [0.2, 0.25) is 0 Å². The third kappa shape index (κ3) is 4.40. The zero-order chi connectivity index (χ0) is 22.2. The van der Waals surface area contributed by atoms with E-state index in [1.165, 1.54) is 24.7 Å². The summed E-state index contributed by atoms with van der Waals surface area (Å²) >= 11 is 5.79. The van der Waals surface area contributed by atoms with Crippen molar-refractivity contribution in [1.82, 2.24) is 19.9 Å². The molecule has 1 fully saturated rings. The van der Waals surface area contributed by atoms with Crippen LogP contribution in [0.4, 0.5) is 19.0 Å². The van der Waals surface area contributed by atoms with Crippen LogP contribution in [0, 0.1) is 0 Å². The molecular formula is C20H18ClF3N6O. The molecule has 31 heavy (non-hydrogen) atoms. The molecule has 2 aromatic heterocycles. The third-order valence-corrected chi connectivity index (χ3v) is 5.52. The number of aromatic nitrogens is 3. The van der Waals surface area contributed by atoms with E-state index in [0.29, 0.717) is 23.4 Å². The maximum atomic E-state index is 13.4. The SMILES string of the molecule is NC(=O)c1ccnc2c(N[C@@H](CN3CCC3)c3ccc(Cl)c(C(F)(F)F)c3)ncnc12. The van der Waals surface area contributed by atoms with Crippen LogP contribution in [0.15, 0.2) is 36.8 Å². The number of amides is 1. The Morgan fingerprint density at radius 1 is 1.19 bits per heavy atom. The topological polar surface area (TPSA) is 97.0 Å². The first-order valence-electron chi connectivity index (χ1n) is 9.49. The molecule has 1 amide bonds. The fourth-order valence-corrected chi connectivity index (χ4v) is 3.69. The minimum atomic E-state index is -4.58. The molecule has 3 heterocycles. The Labute approximate surface area is 180 Å². The molecule has 1 aromatic carbocycles. The van der Waals surface area contributed by atoms with E-state index < -0.39 is 23.7 Å². The van der Waals surface area contributed by atoms with Crippen molar-refractivity contribution in [2.45, 2.75) is 18.6 Å². The van der Waals surface area contributed by atoms with Crippen LogP contribution in [0.1, 0.15) is 33.9 Å². The second-order valence-electron chi connectivity index (χ2n) is 7.23. The standard InChI is InChI=1S/C20H18ClF3N6O/c21-14-3-2-11(8-13(14)20(22,23)24)15(9-30-6-1-7-30)29-19-17-16(27-10-28-19)12(18(25)31)4-5-26-17/h2-5,8,10,15H,1,6-7,9H2,(H2,25,31)(H,27,28,29)/t15-/m0/s1. The zero-order valence-corrected chi connectivity index (χ0v) is 16.9. The van der Waals surface area contributed by atoms with Gasteiger partial charge in [0, 0.05) is 12.7 Å². The van der Waals surface area contributed by atoms with Crippen LogP contribution in [0.3, 0.4) is 0 Å². The van der Waals surface area contributed by atoms with Crippen LogP contribution in [0.5, 0.6) is 0 Å². The van der Waals surface area contributed by atoms with Crippen molar-refractivity contribution < 1.29 is 18.0 Å². The van der Waals surface area contributed by atoms with Crippen LogP contribution >= 0.6 is 11.6 Å². The first-order chi connectivity index (χ1) is 14.7. The lowest BCUT2D eigenvalue weighted by molar-refractivity contribution is -0.137. The molecule has 3 N–H and O–H groups in total. The second kappa shape index (κ2) is 8.27. The second-order valence-corrected chi connectivity index (χ2v) is 7.64. The van der Waals surface area contributed by atoms with Crippen molar-refractivity contribution in [3.8, 4) is 0 Å². The number of nitrogens with one attached hydrogen (secondary N) is 1. The molecule has 162 valence electrons. The number of hydrogen-bond donors (Lipinski definition) is 2. The number of nitrogens with zero attached hydrogens (tertiary/aromatic N) is 4. The van der Waals surface area contributed by atoms with Crippen LogP contribution in [0.25, 0.3) is 11.0 Å². The normalized spacial score (nSPS) is 15.5. The quantitative estimate of drug-likeness (QED) is 0.595. The number of anilines is 1. The van der Waals surface area contributed by atoms with Gasteiger partial charge in [-0.15, -0.1) is 0 Å². The number of halogens is 4. The third-order valence-electron chi connectivity index (χ3n) is 5.19. The molecule has 0 bridgehead atoms. The summed E-state index contributed by atoms with van der Waals surface area (Å²) in [7, 11) is 0. The van der Waals surface area contributed by atoms with Gasteiger partial charge in [-0.3, -0.25) is 9.78 Å². The molecule has 7 nitrogen and oxygen atoms in total. The maximum Gasteiger partial charge on any atom is 0.417 e. The molecule has 1 aliphatic heterocycles. The molecule has 4 rings (SSSR count). The van der Waals surface area contributed by atoms with Crippen LogP contribution in [-0.4, -0.2) is 45.4 Å². The van der Waals surface area contributed by atoms with E-state index in [9.17, 15) is 18.0 Å². The molecule has 0 spiro atoms. The number of hydrogen-bond acceptors (Lipinski definition) is 6. The molecule has 1 aliphatic rings. The molecule has 0 radical (unpaired) electrons. The molecule has 1 saturated heterocycles. The van der Waals surface area contributed by atoms with Crippen LogP contribution < -0.4 is 11.1 Å². The average molecular weight is 451 g/mol. The molecule has 0 saturated carbocycles. The van der Waals surface area contributed by atoms with E-state index in [4.69, 9.17) is 17.3 Å². The van der Waals surface area contributed by atoms with Gasteiger partial charge in [0.25, 0.3) is 5.91 Å². The predicted octanol–water partition coefficient (Wildman–Crippen LogP) is 3.65. The summed E-state index contributed by atoms with van der Waals surface area (Å²) < 4.78 is 40.2. The number of likely N-dealkylation sites (tertiary alicyclic amines) is 1. The Morgan fingerprint density at radius 3 is 2.61 bits per heavy atom. The lowest BCUT2D eigenvalue weighted by Crippen LogP contribution is -2.41. The number of benzene rings is 1. The number of carbonyl (C=O) groups is 1. The van der Waals surface area contributed by atoms with Gasteiger partial charge < -0.3 is 16.0 Å². The van der Waals surface area contributed by atoms with E-state index in [1.807, 2.05) is 0 Å². The number of carbonyl (C=O) groups excluding carboxylic acids is 1. The Hall–Kier alpha value is -2.98. The van der Waals surface area contributed by atoms with Gasteiger partial charge in [0.1, 0.15) is 17.4 Å². The summed E-state index contributed by atoms with van der Waals surface area (Å²) in [5.41, 5.74) is 5.67. The molecule has 11 heteroatoms. The van der Waals surface area contributed by atoms with Crippen molar-refractivity contribution in [2.24, 2.45) is 5.73 Å². The van der Waals surface area contributed by atoms with Crippen molar-refractivity contribution in [3.63, 3.8) is 0 Å². The van der Waals surface area contributed by atoms with Crippen molar-refractivity contribution in [3.05, 3.63) is 58.5 Å². The Kier molecular flexibility index (Phi) is 5.67. The number of fused-ring (bicyclic) bond motifs is 1. The Morgan fingerprint density at radius 2 is 1.97 bits per heavy atom. The highest BCUT2D eigenvalue weighted by molar-refractivity contribution is 6.31. The summed E-state index contributed by atoms with van der Waals surface area (Å²) in [4.78, 5) is 26.4. The highest BCUT2D eigenvalue weighted by Crippen LogP contribution is 2.37. The first-order valence-corrected chi connectivity index (χ1v) is 9.87. The largest absolute Gasteiger partial charge is 0.417 e. The van der Waals surface area contributed by atoms with Crippen LogP contribution in [0.2, 0.25) is 5.02 Å². The van der Waals surface area contributed by atoms with Crippen molar-refractivity contribution in [1.29, 1.82) is 0 Å². The molecular weight excluding hydrogens is 433 g/mol. The molecule has 1 atom stereocenters. The molecule has 0 aliphatic carbocycles. The fraction of sp³-hybridized carbons (Fsp3) is 0.300. The lowest BCUT2D eigenvalue weighted by atomic mass is 10.0. The predicted molar refractivity (Wildman–Crippen MR) is 110 cm³/mol. The van der Waals surface area contributed by atoms with E-state index in [-0.39, 0.29) is 16.1 Å². The minimum absolute atomic E-state index is 0.181. The average Bonchev–Trinajstić information content (AvgIpc) is 2.68. The van der Waals surface area contributed by atoms with Gasteiger partial charge in [0.05, 0.1) is 22.2 Å². The van der Waals surface area contributed by atoms with E-state index >= 15 is 0 Å². The minimum Gasteiger partial charge on any atom is -0.366 e. The number of pyridine rings is 1. The zero-order valence-electron chi connectivity index (χ0n) is 16.2. The molecule has 0 unspecified atom stereocenters. The molecule has 3 aromatic rings. The van der Waals surface area contributed by atoms with Crippen molar-refractivity contribution in [2.75, 3.05) is 25.0 Å². The Balaban J connectivity index is 1.75. The summed E-state index contributed by atoms with van der Waals surface area (Å²) in [6.45, 7) is 2.17. The summed E-state index contributed by atoms with van der Waals surface area (Å²) in [6, 6.07) is 4.77. The fourth-order valence-electron chi connectivity index (χ4n) is 3.47. The maximum absolute atomic E-state index is 13.4. The highest BCUT2D eigenvalue weighted by atomic mass is 35.5. The van der Waals surface area contributed by atoms with Crippen molar-refractivity contribution >= 4 is 34.4 Å². The van der Waals surface area contributed by atoms with Crippen LogP contribution in [-0.2, 0) is 6.18 Å². The van der Waals surface area contributed by atoms with E-state index in [0.717, 1.165) is 25.6 Å². The Bertz CT molecular complexity index is 1140.